The summed E-state index contributed by atoms with van der Waals surface area (Å²) < 4.78 is 49.5. The molecule has 0 spiro atoms. The van der Waals surface area contributed by atoms with Crippen molar-refractivity contribution in [3.63, 3.8) is 0 Å². The van der Waals surface area contributed by atoms with E-state index in [-0.39, 0.29) is 45.8 Å². The van der Waals surface area contributed by atoms with Crippen LogP contribution >= 0.6 is 0 Å². The Morgan fingerprint density at radius 1 is 1.05 bits per heavy atom. The Bertz CT molecular complexity index is 997. The molecule has 0 aromatic heterocycles. The molecular formula is C22H38N4O12S. The largest absolute Gasteiger partial charge is 0.463 e. The van der Waals surface area contributed by atoms with Crippen LogP contribution in [0.1, 0.15) is 47.5 Å². The first kappa shape index (κ1) is 32.5. The predicted octanol–water partition coefficient (Wildman–Crippen LogP) is 0.236. The summed E-state index contributed by atoms with van der Waals surface area (Å²) in [7, 11) is -3.29. The molecule has 2 bridgehead atoms. The number of alkyl carbamates (subject to hydrolysis) is 1. The maximum absolute atomic E-state index is 12.8. The summed E-state index contributed by atoms with van der Waals surface area (Å²) in [5.74, 6) is -1.32. The van der Waals surface area contributed by atoms with Gasteiger partial charge in [0.05, 0.1) is 31.3 Å². The Morgan fingerprint density at radius 3 is 2.38 bits per heavy atom. The maximum Gasteiger partial charge on any atom is 0.421 e. The highest BCUT2D eigenvalue weighted by molar-refractivity contribution is 7.81. The van der Waals surface area contributed by atoms with E-state index in [4.69, 9.17) is 27.5 Å². The first-order valence-electron chi connectivity index (χ1n) is 12.3. The van der Waals surface area contributed by atoms with Crippen LogP contribution in [-0.2, 0) is 47.5 Å². The number of ether oxygens (including phenoxy) is 3. The molecule has 2 N–H and O–H groups in total. The zero-order chi connectivity index (χ0) is 29.4. The van der Waals surface area contributed by atoms with E-state index in [0.29, 0.717) is 5.06 Å². The topological polar surface area (TPSA) is 188 Å². The van der Waals surface area contributed by atoms with Gasteiger partial charge in [-0.05, 0) is 47.5 Å². The fourth-order valence-electron chi connectivity index (χ4n) is 3.52. The van der Waals surface area contributed by atoms with E-state index in [9.17, 15) is 27.6 Å². The number of nitrogens with zero attached hydrogens (tertiary/aromatic N) is 2. The molecule has 39 heavy (non-hydrogen) atoms. The summed E-state index contributed by atoms with van der Waals surface area (Å²) >= 11 is 0. The summed E-state index contributed by atoms with van der Waals surface area (Å²) in [6.07, 6.45) is -0.140. The quantitative estimate of drug-likeness (QED) is 0.161. The molecule has 2 saturated heterocycles. The number of carbonyl (C=O) groups excluding carboxylic acids is 4. The highest BCUT2D eigenvalue weighted by Crippen LogP contribution is 2.31. The number of amides is 4. The predicted molar refractivity (Wildman–Crippen MR) is 132 cm³/mol. The Morgan fingerprint density at radius 2 is 1.74 bits per heavy atom. The lowest BCUT2D eigenvalue weighted by Gasteiger charge is -2.28. The van der Waals surface area contributed by atoms with Crippen LogP contribution in [0.4, 0.5) is 9.59 Å². The van der Waals surface area contributed by atoms with E-state index in [2.05, 4.69) is 10.8 Å². The number of esters is 1. The Hall–Kier alpha value is -2.73. The van der Waals surface area contributed by atoms with Crippen molar-refractivity contribution < 1.29 is 55.1 Å². The van der Waals surface area contributed by atoms with E-state index >= 15 is 0 Å². The third-order valence-electron chi connectivity index (χ3n) is 5.48. The molecule has 2 unspecified atom stereocenters. The third-order valence-corrected chi connectivity index (χ3v) is 6.23. The van der Waals surface area contributed by atoms with Crippen LogP contribution in [0.2, 0.25) is 0 Å². The molecule has 2 heterocycles. The molecule has 0 saturated carbocycles. The Labute approximate surface area is 227 Å². The highest BCUT2D eigenvalue weighted by atomic mass is 32.3. The van der Waals surface area contributed by atoms with Crippen molar-refractivity contribution in [3.8, 4) is 0 Å². The zero-order valence-electron chi connectivity index (χ0n) is 23.0. The van der Waals surface area contributed by atoms with Crippen molar-refractivity contribution >= 4 is 34.4 Å². The van der Waals surface area contributed by atoms with Gasteiger partial charge in [0.2, 0.25) is 0 Å². The van der Waals surface area contributed by atoms with Gasteiger partial charge in [0.1, 0.15) is 18.2 Å². The minimum Gasteiger partial charge on any atom is -0.463 e. The normalized spacial score (nSPS) is 19.6. The Balaban J connectivity index is 1.82. The molecule has 224 valence electrons. The van der Waals surface area contributed by atoms with Gasteiger partial charge >= 0.3 is 28.5 Å². The zero-order valence-corrected chi connectivity index (χ0v) is 23.8. The fraction of sp³-hybridized carbons (Fsp3) is 0.818. The number of methoxy groups -OCH3 is 1. The van der Waals surface area contributed by atoms with Gasteiger partial charge in [0.25, 0.3) is 5.91 Å². The molecule has 2 aliphatic heterocycles. The van der Waals surface area contributed by atoms with Gasteiger partial charge in [-0.1, -0.05) is 0 Å². The minimum absolute atomic E-state index is 0.00936. The molecule has 2 aliphatic rings. The molecule has 16 nitrogen and oxygen atoms in total. The molecule has 2 rings (SSSR count). The lowest BCUT2D eigenvalue weighted by molar-refractivity contribution is -0.157. The van der Waals surface area contributed by atoms with Crippen molar-refractivity contribution in [2.24, 2.45) is 5.41 Å². The number of carbonyl (C=O) groups is 4. The monoisotopic (exact) mass is 582 g/mol. The molecule has 0 aliphatic carbocycles. The van der Waals surface area contributed by atoms with E-state index in [1.54, 1.807) is 20.8 Å². The number of hydrogen-bond acceptors (Lipinski definition) is 12. The summed E-state index contributed by atoms with van der Waals surface area (Å²) in [5, 5.41) is 3.12. The van der Waals surface area contributed by atoms with Crippen molar-refractivity contribution in [2.45, 2.75) is 65.1 Å². The van der Waals surface area contributed by atoms with Gasteiger partial charge in [-0.2, -0.15) is 13.5 Å². The summed E-state index contributed by atoms with van der Waals surface area (Å²) in [6.45, 7) is 7.63. The number of nitrogens with one attached hydrogen (secondary N) is 2. The van der Waals surface area contributed by atoms with Crippen LogP contribution in [0.5, 0.6) is 0 Å². The molecular weight excluding hydrogens is 544 g/mol. The molecule has 2 atom stereocenters. The second kappa shape index (κ2) is 13.6. The van der Waals surface area contributed by atoms with Crippen LogP contribution in [0.25, 0.3) is 0 Å². The van der Waals surface area contributed by atoms with Gasteiger partial charge in [-0.25, -0.2) is 19.3 Å². The highest BCUT2D eigenvalue weighted by Gasteiger charge is 2.50. The van der Waals surface area contributed by atoms with Gasteiger partial charge in [0.15, 0.2) is 0 Å². The van der Waals surface area contributed by atoms with Gasteiger partial charge < -0.3 is 24.4 Å². The van der Waals surface area contributed by atoms with Crippen molar-refractivity contribution in [1.82, 2.24) is 20.8 Å². The molecule has 4 amide bonds. The molecule has 2 fully saturated rings. The van der Waals surface area contributed by atoms with Crippen LogP contribution in [0, 0.1) is 5.41 Å². The minimum atomic E-state index is -4.73. The smallest absolute Gasteiger partial charge is 0.421 e. The lowest BCUT2D eigenvalue weighted by atomic mass is 9.95. The van der Waals surface area contributed by atoms with Crippen LogP contribution in [0.15, 0.2) is 0 Å². The van der Waals surface area contributed by atoms with Crippen LogP contribution in [-0.4, -0.2) is 107 Å². The standard InChI is InChI=1S/C22H38N4O12S/c1-21(2,3)37-19(29)23-9-10-35-24-17(27)16-8-7-15-13-25(16)20(30)26(15)38-39(31,32)36-14-22(4,5)18(28)34-12-11-33-6/h15-16H,7-14H2,1-6H3,(H,23,29)(H,24,27). The molecule has 0 radical (unpaired) electrons. The van der Waals surface area contributed by atoms with E-state index in [1.807, 2.05) is 0 Å². The van der Waals surface area contributed by atoms with E-state index in [1.165, 1.54) is 25.9 Å². The van der Waals surface area contributed by atoms with Gasteiger partial charge in [-0.3, -0.25) is 14.4 Å². The SMILES string of the molecule is COCCOC(=O)C(C)(C)COS(=O)(=O)ON1C(=O)N2CC1CCC2C(=O)NOCCNC(=O)OC(C)(C)C. The fourth-order valence-corrected chi connectivity index (χ4v) is 4.39. The lowest BCUT2D eigenvalue weighted by Crippen LogP contribution is -2.50. The number of hydroxylamine groups is 3. The first-order chi connectivity index (χ1) is 18.1. The summed E-state index contributed by atoms with van der Waals surface area (Å²) in [6, 6.07) is -2.40. The van der Waals surface area contributed by atoms with Crippen molar-refractivity contribution in [2.75, 3.05) is 46.6 Å². The second-order valence-corrected chi connectivity index (χ2v) is 11.7. The van der Waals surface area contributed by atoms with E-state index in [0.717, 1.165) is 0 Å². The van der Waals surface area contributed by atoms with Crippen LogP contribution < -0.4 is 10.8 Å². The van der Waals surface area contributed by atoms with Crippen molar-refractivity contribution in [3.05, 3.63) is 0 Å². The van der Waals surface area contributed by atoms with Gasteiger partial charge in [0, 0.05) is 20.2 Å². The maximum atomic E-state index is 12.8. The third kappa shape index (κ3) is 10.1. The molecule has 17 heteroatoms. The van der Waals surface area contributed by atoms with E-state index < -0.39 is 64.1 Å². The van der Waals surface area contributed by atoms with Crippen molar-refractivity contribution in [1.29, 1.82) is 0 Å². The Kier molecular flexibility index (Phi) is 11.3. The second-order valence-electron chi connectivity index (χ2n) is 10.5. The number of urea groups is 1. The molecule has 0 aromatic carbocycles. The average molecular weight is 583 g/mol. The summed E-state index contributed by atoms with van der Waals surface area (Å²) in [5.41, 5.74) is 0.244. The summed E-state index contributed by atoms with van der Waals surface area (Å²) in [4.78, 5) is 55.4. The van der Waals surface area contributed by atoms with Gasteiger partial charge in [-0.15, -0.1) is 4.28 Å². The molecule has 0 aromatic rings. The number of hydrogen-bond donors (Lipinski definition) is 2. The van der Waals surface area contributed by atoms with Crippen LogP contribution in [0.3, 0.4) is 0 Å². The number of fused-ring (bicyclic) bond motifs is 2. The number of rotatable bonds is 14. The number of piperidine rings is 1. The average Bonchev–Trinajstić information content (AvgIpc) is 3.05. The first-order valence-corrected chi connectivity index (χ1v) is 13.6.